The normalized spacial score (nSPS) is 12.1. The van der Waals surface area contributed by atoms with Crippen molar-refractivity contribution in [3.63, 3.8) is 0 Å². The predicted molar refractivity (Wildman–Crippen MR) is 117 cm³/mol. The average molecular weight is 469 g/mol. The van der Waals surface area contributed by atoms with Crippen molar-refractivity contribution in [2.45, 2.75) is 26.5 Å². The lowest BCUT2D eigenvalue weighted by Crippen LogP contribution is -2.39. The molecule has 0 saturated heterocycles. The molecule has 0 aliphatic rings. The van der Waals surface area contributed by atoms with E-state index in [1.165, 1.54) is 5.56 Å². The Bertz CT molecular complexity index is 690. The van der Waals surface area contributed by atoms with Gasteiger partial charge in [-0.15, -0.1) is 24.0 Å². The summed E-state index contributed by atoms with van der Waals surface area (Å²) in [6.07, 6.45) is -0.582. The zero-order valence-corrected chi connectivity index (χ0v) is 17.9. The second kappa shape index (κ2) is 11.7. The Morgan fingerprint density at radius 2 is 1.88 bits per heavy atom. The van der Waals surface area contributed by atoms with Gasteiger partial charge in [0.25, 0.3) is 0 Å². The van der Waals surface area contributed by atoms with Crippen LogP contribution in [0.5, 0.6) is 5.75 Å². The molecule has 0 radical (unpaired) electrons. The fourth-order valence-corrected chi connectivity index (χ4v) is 2.38. The highest BCUT2D eigenvalue weighted by atomic mass is 127. The van der Waals surface area contributed by atoms with Crippen LogP contribution >= 0.6 is 24.0 Å². The molecule has 3 N–H and O–H groups in total. The van der Waals surface area contributed by atoms with Gasteiger partial charge in [0, 0.05) is 13.1 Å². The molecule has 0 heterocycles. The second-order valence-corrected chi connectivity index (χ2v) is 5.85. The maximum Gasteiger partial charge on any atom is 0.191 e. The number of ether oxygens (including phenoxy) is 1. The van der Waals surface area contributed by atoms with Gasteiger partial charge in [-0.2, -0.15) is 0 Å². The standard InChI is InChI=1S/C20H27N3O2.HI/c1-4-21-20(22-13-16-6-5-7-18(12-16)25-3)23-14-19(24)17-10-8-15(2)9-11-17;/h5-12,19,24H,4,13-14H2,1-3H3,(H2,21,22,23);1H. The van der Waals surface area contributed by atoms with E-state index in [0.29, 0.717) is 19.0 Å². The lowest BCUT2D eigenvalue weighted by molar-refractivity contribution is 0.181. The van der Waals surface area contributed by atoms with Gasteiger partial charge in [-0.3, -0.25) is 0 Å². The molecule has 0 aliphatic carbocycles. The zero-order chi connectivity index (χ0) is 18.1. The van der Waals surface area contributed by atoms with Gasteiger partial charge in [0.05, 0.1) is 19.8 Å². The van der Waals surface area contributed by atoms with Crippen LogP contribution in [0.15, 0.2) is 53.5 Å². The van der Waals surface area contributed by atoms with E-state index in [4.69, 9.17) is 4.74 Å². The highest BCUT2D eigenvalue weighted by Crippen LogP contribution is 2.14. The van der Waals surface area contributed by atoms with E-state index in [0.717, 1.165) is 23.4 Å². The second-order valence-electron chi connectivity index (χ2n) is 5.85. The maximum atomic E-state index is 10.3. The molecule has 0 fully saturated rings. The number of aliphatic hydroxyl groups is 1. The van der Waals surface area contributed by atoms with Gasteiger partial charge in [0.2, 0.25) is 0 Å². The molecule has 2 aromatic carbocycles. The van der Waals surface area contributed by atoms with Crippen molar-refractivity contribution < 1.29 is 9.84 Å². The first-order chi connectivity index (χ1) is 12.1. The third-order valence-corrected chi connectivity index (χ3v) is 3.82. The summed E-state index contributed by atoms with van der Waals surface area (Å²) in [5, 5.41) is 16.7. The molecule has 0 spiro atoms. The van der Waals surface area contributed by atoms with E-state index in [1.807, 2.05) is 62.4 Å². The molecule has 2 aromatic rings. The fraction of sp³-hybridized carbons (Fsp3) is 0.350. The number of hydrogen-bond acceptors (Lipinski definition) is 3. The average Bonchev–Trinajstić information content (AvgIpc) is 2.64. The number of methoxy groups -OCH3 is 1. The van der Waals surface area contributed by atoms with E-state index >= 15 is 0 Å². The first kappa shape index (κ1) is 22.2. The topological polar surface area (TPSA) is 65.9 Å². The summed E-state index contributed by atoms with van der Waals surface area (Å²) in [6, 6.07) is 15.7. The third kappa shape index (κ3) is 7.21. The molecule has 26 heavy (non-hydrogen) atoms. The van der Waals surface area contributed by atoms with Crippen molar-refractivity contribution in [1.82, 2.24) is 10.6 Å². The van der Waals surface area contributed by atoms with Crippen molar-refractivity contribution in [1.29, 1.82) is 0 Å². The van der Waals surface area contributed by atoms with Gasteiger partial charge >= 0.3 is 0 Å². The van der Waals surface area contributed by atoms with Gasteiger partial charge in [0.15, 0.2) is 5.96 Å². The van der Waals surface area contributed by atoms with E-state index in [9.17, 15) is 5.11 Å². The van der Waals surface area contributed by atoms with Crippen molar-refractivity contribution in [2.24, 2.45) is 4.99 Å². The SMILES string of the molecule is CCNC(=NCc1cccc(OC)c1)NCC(O)c1ccc(C)cc1.I. The molecule has 2 rings (SSSR count). The lowest BCUT2D eigenvalue weighted by atomic mass is 10.1. The van der Waals surface area contributed by atoms with Crippen LogP contribution in [0, 0.1) is 6.92 Å². The Kier molecular flexibility index (Phi) is 10.0. The number of benzene rings is 2. The summed E-state index contributed by atoms with van der Waals surface area (Å²) >= 11 is 0. The summed E-state index contributed by atoms with van der Waals surface area (Å²) in [7, 11) is 1.65. The van der Waals surface area contributed by atoms with Crippen LogP contribution in [0.25, 0.3) is 0 Å². The minimum Gasteiger partial charge on any atom is -0.497 e. The molecule has 5 nitrogen and oxygen atoms in total. The van der Waals surface area contributed by atoms with E-state index < -0.39 is 6.10 Å². The Labute approximate surface area is 172 Å². The highest BCUT2D eigenvalue weighted by Gasteiger charge is 2.08. The Balaban J connectivity index is 0.00000338. The summed E-state index contributed by atoms with van der Waals surface area (Å²) in [5.41, 5.74) is 3.13. The van der Waals surface area contributed by atoms with Crippen LogP contribution in [-0.2, 0) is 6.54 Å². The molecule has 0 saturated carbocycles. The third-order valence-electron chi connectivity index (χ3n) is 3.82. The van der Waals surface area contributed by atoms with Gasteiger partial charge in [0.1, 0.15) is 5.75 Å². The molecule has 0 aliphatic heterocycles. The molecule has 0 bridgehead atoms. The summed E-state index contributed by atoms with van der Waals surface area (Å²) < 4.78 is 5.23. The van der Waals surface area contributed by atoms with E-state index in [1.54, 1.807) is 7.11 Å². The number of aliphatic hydroxyl groups excluding tert-OH is 1. The van der Waals surface area contributed by atoms with E-state index in [-0.39, 0.29) is 24.0 Å². The van der Waals surface area contributed by atoms with Crippen LogP contribution in [0.2, 0.25) is 0 Å². The summed E-state index contributed by atoms with van der Waals surface area (Å²) in [6.45, 7) is 5.73. The molecule has 0 amide bonds. The summed E-state index contributed by atoms with van der Waals surface area (Å²) in [4.78, 5) is 4.57. The fourth-order valence-electron chi connectivity index (χ4n) is 2.38. The van der Waals surface area contributed by atoms with Crippen molar-refractivity contribution in [2.75, 3.05) is 20.2 Å². The minimum absolute atomic E-state index is 0. The maximum absolute atomic E-state index is 10.3. The van der Waals surface area contributed by atoms with Crippen LogP contribution < -0.4 is 15.4 Å². The highest BCUT2D eigenvalue weighted by molar-refractivity contribution is 14.0. The molecule has 0 aromatic heterocycles. The monoisotopic (exact) mass is 469 g/mol. The Hall–Kier alpha value is -1.80. The predicted octanol–water partition coefficient (Wildman–Crippen LogP) is 3.41. The van der Waals surface area contributed by atoms with Crippen LogP contribution in [0.4, 0.5) is 0 Å². The van der Waals surface area contributed by atoms with Crippen molar-refractivity contribution in [3.8, 4) is 5.75 Å². The number of nitrogens with zero attached hydrogens (tertiary/aromatic N) is 1. The largest absolute Gasteiger partial charge is 0.497 e. The van der Waals surface area contributed by atoms with Gasteiger partial charge in [-0.1, -0.05) is 42.0 Å². The minimum atomic E-state index is -0.582. The van der Waals surface area contributed by atoms with Crippen molar-refractivity contribution in [3.05, 3.63) is 65.2 Å². The summed E-state index contributed by atoms with van der Waals surface area (Å²) in [5.74, 6) is 1.50. The number of guanidine groups is 1. The molecule has 142 valence electrons. The zero-order valence-electron chi connectivity index (χ0n) is 15.5. The molecule has 1 unspecified atom stereocenters. The van der Waals surface area contributed by atoms with Gasteiger partial charge < -0.3 is 20.5 Å². The number of aliphatic imine (C=N–C) groups is 1. The van der Waals surface area contributed by atoms with Gasteiger partial charge in [-0.05, 0) is 37.1 Å². The van der Waals surface area contributed by atoms with Crippen molar-refractivity contribution >= 4 is 29.9 Å². The first-order valence-electron chi connectivity index (χ1n) is 8.52. The van der Waals surface area contributed by atoms with Crippen LogP contribution in [0.3, 0.4) is 0 Å². The molecular formula is C20H28IN3O2. The lowest BCUT2D eigenvalue weighted by Gasteiger charge is -2.16. The molecule has 6 heteroatoms. The van der Waals surface area contributed by atoms with Gasteiger partial charge in [-0.25, -0.2) is 4.99 Å². The van der Waals surface area contributed by atoms with E-state index in [2.05, 4.69) is 15.6 Å². The van der Waals surface area contributed by atoms with Crippen LogP contribution in [0.1, 0.15) is 29.7 Å². The first-order valence-corrected chi connectivity index (χ1v) is 8.52. The quantitative estimate of drug-likeness (QED) is 0.331. The Morgan fingerprint density at radius 3 is 2.54 bits per heavy atom. The number of halogens is 1. The smallest absolute Gasteiger partial charge is 0.191 e. The number of aryl methyl sites for hydroxylation is 1. The number of hydrogen-bond donors (Lipinski definition) is 3. The number of rotatable bonds is 7. The number of nitrogens with one attached hydrogen (secondary N) is 2. The molecule has 1 atom stereocenters. The Morgan fingerprint density at radius 1 is 1.15 bits per heavy atom. The van der Waals surface area contributed by atoms with Crippen LogP contribution in [-0.4, -0.2) is 31.3 Å². The molecular weight excluding hydrogens is 441 g/mol.